The van der Waals surface area contributed by atoms with E-state index in [0.29, 0.717) is 13.0 Å². The van der Waals surface area contributed by atoms with Gasteiger partial charge in [0.2, 0.25) is 0 Å². The van der Waals surface area contributed by atoms with E-state index in [2.05, 4.69) is 17.6 Å². The van der Waals surface area contributed by atoms with Crippen molar-refractivity contribution in [1.82, 2.24) is 10.6 Å². The van der Waals surface area contributed by atoms with Crippen molar-refractivity contribution < 1.29 is 9.53 Å². The highest BCUT2D eigenvalue weighted by Crippen LogP contribution is 2.18. The Labute approximate surface area is 134 Å². The predicted molar refractivity (Wildman–Crippen MR) is 89.3 cm³/mol. The molecule has 0 saturated heterocycles. The summed E-state index contributed by atoms with van der Waals surface area (Å²) in [6.07, 6.45) is 0.209. The molecule has 120 valence electrons. The van der Waals surface area contributed by atoms with Gasteiger partial charge in [-0.25, -0.2) is 0 Å². The van der Waals surface area contributed by atoms with Gasteiger partial charge < -0.3 is 15.4 Å². The Balaban J connectivity index is 0.00000400. The van der Waals surface area contributed by atoms with Crippen molar-refractivity contribution in [1.29, 1.82) is 0 Å². The SMILES string of the molecule is CCN[C@H](C)CNC(=O)C(CC)Oc1ccccc1C.Cl. The van der Waals surface area contributed by atoms with Gasteiger partial charge in [0.15, 0.2) is 6.10 Å². The Morgan fingerprint density at radius 3 is 2.52 bits per heavy atom. The van der Waals surface area contributed by atoms with Gasteiger partial charge in [0.05, 0.1) is 0 Å². The molecule has 0 radical (unpaired) electrons. The Kier molecular flexibility index (Phi) is 9.84. The quantitative estimate of drug-likeness (QED) is 0.775. The summed E-state index contributed by atoms with van der Waals surface area (Å²) in [5.41, 5.74) is 1.04. The fraction of sp³-hybridized carbons (Fsp3) is 0.562. The van der Waals surface area contributed by atoms with Crippen LogP contribution in [0.3, 0.4) is 0 Å². The molecule has 1 unspecified atom stereocenters. The van der Waals surface area contributed by atoms with Crippen molar-refractivity contribution >= 4 is 18.3 Å². The number of hydrogen-bond donors (Lipinski definition) is 2. The number of benzene rings is 1. The van der Waals surface area contributed by atoms with Crippen molar-refractivity contribution in [2.75, 3.05) is 13.1 Å². The molecule has 4 nitrogen and oxygen atoms in total. The van der Waals surface area contributed by atoms with Gasteiger partial charge in [-0.3, -0.25) is 4.79 Å². The van der Waals surface area contributed by atoms with E-state index in [1.807, 2.05) is 45.0 Å². The summed E-state index contributed by atoms with van der Waals surface area (Å²) >= 11 is 0. The monoisotopic (exact) mass is 314 g/mol. The molecule has 0 aromatic heterocycles. The molecule has 1 amide bonds. The summed E-state index contributed by atoms with van der Waals surface area (Å²) in [7, 11) is 0. The van der Waals surface area contributed by atoms with E-state index in [4.69, 9.17) is 4.74 Å². The van der Waals surface area contributed by atoms with Crippen LogP contribution in [0.4, 0.5) is 0 Å². The Hall–Kier alpha value is -1.26. The van der Waals surface area contributed by atoms with Crippen LogP contribution in [-0.4, -0.2) is 31.1 Å². The van der Waals surface area contributed by atoms with Crippen molar-refractivity contribution in [3.05, 3.63) is 29.8 Å². The normalized spacial score (nSPS) is 13.0. The molecule has 21 heavy (non-hydrogen) atoms. The predicted octanol–water partition coefficient (Wildman–Crippen LogP) is 2.69. The minimum Gasteiger partial charge on any atom is -0.480 e. The molecule has 0 heterocycles. The standard InChI is InChI=1S/C16H26N2O2.ClH/c1-5-14(16(19)18-11-13(4)17-6-2)20-15-10-8-7-9-12(15)3;/h7-10,13-14,17H,5-6,11H2,1-4H3,(H,18,19);1H/t13-,14?;/m1./s1. The molecule has 0 bridgehead atoms. The fourth-order valence-corrected chi connectivity index (χ4v) is 1.95. The molecule has 1 aromatic carbocycles. The molecule has 1 aromatic rings. The van der Waals surface area contributed by atoms with Crippen LogP contribution >= 0.6 is 12.4 Å². The molecule has 2 atom stereocenters. The summed E-state index contributed by atoms with van der Waals surface area (Å²) in [4.78, 5) is 12.1. The minimum atomic E-state index is -0.440. The van der Waals surface area contributed by atoms with Gasteiger partial charge in [0, 0.05) is 12.6 Å². The highest BCUT2D eigenvalue weighted by Gasteiger charge is 2.19. The van der Waals surface area contributed by atoms with Crippen LogP contribution in [0.1, 0.15) is 32.8 Å². The zero-order valence-corrected chi connectivity index (χ0v) is 14.1. The van der Waals surface area contributed by atoms with Crippen molar-refractivity contribution in [3.8, 4) is 5.75 Å². The first-order valence-corrected chi connectivity index (χ1v) is 7.31. The molecule has 0 saturated carbocycles. The van der Waals surface area contributed by atoms with Gasteiger partial charge in [0.1, 0.15) is 5.75 Å². The van der Waals surface area contributed by atoms with E-state index < -0.39 is 6.10 Å². The molecular formula is C16H27ClN2O2. The molecule has 2 N–H and O–H groups in total. The van der Waals surface area contributed by atoms with Crippen molar-refractivity contribution in [2.45, 2.75) is 46.3 Å². The van der Waals surface area contributed by atoms with Gasteiger partial charge in [-0.2, -0.15) is 0 Å². The largest absolute Gasteiger partial charge is 0.480 e. The topological polar surface area (TPSA) is 50.4 Å². The van der Waals surface area contributed by atoms with Crippen LogP contribution < -0.4 is 15.4 Å². The van der Waals surface area contributed by atoms with Gasteiger partial charge in [-0.15, -0.1) is 12.4 Å². The smallest absolute Gasteiger partial charge is 0.261 e. The highest BCUT2D eigenvalue weighted by atomic mass is 35.5. The van der Waals surface area contributed by atoms with E-state index in [9.17, 15) is 4.79 Å². The Bertz CT molecular complexity index is 426. The number of amides is 1. The molecule has 0 fully saturated rings. The van der Waals surface area contributed by atoms with Gasteiger partial charge in [-0.1, -0.05) is 32.0 Å². The first kappa shape index (κ1) is 19.7. The summed E-state index contributed by atoms with van der Waals surface area (Å²) in [6.45, 7) is 9.54. The lowest BCUT2D eigenvalue weighted by Gasteiger charge is -2.20. The van der Waals surface area contributed by atoms with Crippen LogP contribution in [0.5, 0.6) is 5.75 Å². The third-order valence-electron chi connectivity index (χ3n) is 3.16. The number of halogens is 1. The van der Waals surface area contributed by atoms with E-state index in [-0.39, 0.29) is 24.4 Å². The number of nitrogens with one attached hydrogen (secondary N) is 2. The summed E-state index contributed by atoms with van der Waals surface area (Å²) < 4.78 is 5.82. The van der Waals surface area contributed by atoms with E-state index >= 15 is 0 Å². The third-order valence-corrected chi connectivity index (χ3v) is 3.16. The van der Waals surface area contributed by atoms with Gasteiger partial charge in [0.25, 0.3) is 5.91 Å². The fourth-order valence-electron chi connectivity index (χ4n) is 1.95. The highest BCUT2D eigenvalue weighted by molar-refractivity contribution is 5.85. The lowest BCUT2D eigenvalue weighted by Crippen LogP contribution is -2.44. The second-order valence-corrected chi connectivity index (χ2v) is 4.98. The molecule has 1 rings (SSSR count). The van der Waals surface area contributed by atoms with Crippen molar-refractivity contribution in [2.24, 2.45) is 0 Å². The third kappa shape index (κ3) is 6.82. The molecule has 0 aliphatic carbocycles. The zero-order chi connectivity index (χ0) is 15.0. The maximum atomic E-state index is 12.1. The number of ether oxygens (including phenoxy) is 1. The summed E-state index contributed by atoms with van der Waals surface area (Å²) in [6, 6.07) is 8.02. The van der Waals surface area contributed by atoms with Crippen LogP contribution in [-0.2, 0) is 4.79 Å². The van der Waals surface area contributed by atoms with Crippen LogP contribution in [0.15, 0.2) is 24.3 Å². The first-order valence-electron chi connectivity index (χ1n) is 7.31. The van der Waals surface area contributed by atoms with E-state index in [1.54, 1.807) is 0 Å². The average molecular weight is 315 g/mol. The lowest BCUT2D eigenvalue weighted by atomic mass is 10.2. The summed E-state index contributed by atoms with van der Waals surface area (Å²) in [5, 5.41) is 6.19. The lowest BCUT2D eigenvalue weighted by molar-refractivity contribution is -0.128. The zero-order valence-electron chi connectivity index (χ0n) is 13.3. The maximum Gasteiger partial charge on any atom is 0.261 e. The number of rotatable bonds is 8. The second kappa shape index (κ2) is 10.5. The number of likely N-dealkylation sites (N-methyl/N-ethyl adjacent to an activating group) is 1. The number of carbonyl (C=O) groups is 1. The molecule has 0 aliphatic heterocycles. The van der Waals surface area contributed by atoms with Gasteiger partial charge in [-0.05, 0) is 38.4 Å². The molecule has 0 aliphatic rings. The second-order valence-electron chi connectivity index (χ2n) is 4.98. The van der Waals surface area contributed by atoms with Crippen LogP contribution in [0, 0.1) is 6.92 Å². The first-order chi connectivity index (χ1) is 9.58. The summed E-state index contributed by atoms with van der Waals surface area (Å²) in [5.74, 6) is 0.717. The van der Waals surface area contributed by atoms with Gasteiger partial charge >= 0.3 is 0 Å². The van der Waals surface area contributed by atoms with Crippen molar-refractivity contribution in [3.63, 3.8) is 0 Å². The van der Waals surface area contributed by atoms with E-state index in [0.717, 1.165) is 17.9 Å². The number of para-hydroxylation sites is 1. The number of aryl methyl sites for hydroxylation is 1. The molecule has 0 spiro atoms. The van der Waals surface area contributed by atoms with Crippen LogP contribution in [0.2, 0.25) is 0 Å². The number of carbonyl (C=O) groups excluding carboxylic acids is 1. The number of hydrogen-bond acceptors (Lipinski definition) is 3. The Morgan fingerprint density at radius 2 is 1.95 bits per heavy atom. The molecular weight excluding hydrogens is 288 g/mol. The van der Waals surface area contributed by atoms with E-state index in [1.165, 1.54) is 0 Å². The molecule has 5 heteroatoms. The Morgan fingerprint density at radius 1 is 1.29 bits per heavy atom. The maximum absolute atomic E-state index is 12.1. The minimum absolute atomic E-state index is 0. The van der Waals surface area contributed by atoms with Crippen LogP contribution in [0.25, 0.3) is 0 Å². The average Bonchev–Trinajstić information content (AvgIpc) is 2.44.